The van der Waals surface area contributed by atoms with Gasteiger partial charge in [0.2, 0.25) is 0 Å². The molecular formula is C11H21NO2. The van der Waals surface area contributed by atoms with Gasteiger partial charge in [0.05, 0.1) is 0 Å². The van der Waals surface area contributed by atoms with Crippen molar-refractivity contribution in [1.29, 1.82) is 0 Å². The highest BCUT2D eigenvalue weighted by Gasteiger charge is 2.50. The van der Waals surface area contributed by atoms with E-state index in [-0.39, 0.29) is 5.92 Å². The van der Waals surface area contributed by atoms with Gasteiger partial charge < -0.3 is 5.11 Å². The molecule has 1 fully saturated rings. The van der Waals surface area contributed by atoms with E-state index in [2.05, 4.69) is 11.8 Å². The summed E-state index contributed by atoms with van der Waals surface area (Å²) in [4.78, 5) is 13.6. The van der Waals surface area contributed by atoms with Crippen LogP contribution in [-0.2, 0) is 4.79 Å². The van der Waals surface area contributed by atoms with Gasteiger partial charge in [-0.3, -0.25) is 9.69 Å². The molecule has 3 nitrogen and oxygen atoms in total. The van der Waals surface area contributed by atoms with E-state index in [1.165, 1.54) is 0 Å². The van der Waals surface area contributed by atoms with Crippen molar-refractivity contribution in [2.75, 3.05) is 13.1 Å². The molecule has 0 aromatic heterocycles. The van der Waals surface area contributed by atoms with Crippen molar-refractivity contribution in [3.63, 3.8) is 0 Å². The predicted octanol–water partition coefficient (Wildman–Crippen LogP) is 1.97. The average molecular weight is 199 g/mol. The van der Waals surface area contributed by atoms with Crippen molar-refractivity contribution in [3.8, 4) is 0 Å². The fourth-order valence-electron chi connectivity index (χ4n) is 2.87. The maximum Gasteiger partial charge on any atom is 0.324 e. The minimum absolute atomic E-state index is 0.278. The normalized spacial score (nSPS) is 32.4. The number of nitrogens with zero attached hydrogens (tertiary/aromatic N) is 1. The van der Waals surface area contributed by atoms with Gasteiger partial charge in [0.1, 0.15) is 5.54 Å². The molecule has 0 bridgehead atoms. The number of carboxylic acid groups (broad SMARTS) is 1. The van der Waals surface area contributed by atoms with Crippen LogP contribution in [-0.4, -0.2) is 34.6 Å². The van der Waals surface area contributed by atoms with Crippen LogP contribution >= 0.6 is 0 Å². The number of hydrogen-bond acceptors (Lipinski definition) is 2. The molecule has 0 spiro atoms. The summed E-state index contributed by atoms with van der Waals surface area (Å²) in [5.41, 5.74) is -0.580. The van der Waals surface area contributed by atoms with Crippen LogP contribution in [0.4, 0.5) is 0 Å². The first-order chi connectivity index (χ1) is 6.59. The fourth-order valence-corrected chi connectivity index (χ4v) is 2.87. The average Bonchev–Trinajstić information content (AvgIpc) is 2.51. The van der Waals surface area contributed by atoms with E-state index in [1.54, 1.807) is 0 Å². The molecule has 1 aliphatic rings. The molecule has 2 unspecified atom stereocenters. The molecule has 1 saturated carbocycles. The number of likely N-dealkylation sites (N-methyl/N-ethyl adjacent to an activating group) is 1. The molecule has 82 valence electrons. The smallest absolute Gasteiger partial charge is 0.324 e. The maximum absolute atomic E-state index is 11.5. The van der Waals surface area contributed by atoms with Gasteiger partial charge in [-0.2, -0.15) is 0 Å². The summed E-state index contributed by atoms with van der Waals surface area (Å²) in [5.74, 6) is -0.355. The highest BCUT2D eigenvalue weighted by molar-refractivity contribution is 5.79. The van der Waals surface area contributed by atoms with Crippen molar-refractivity contribution < 1.29 is 9.90 Å². The second kappa shape index (κ2) is 4.30. The first-order valence-corrected chi connectivity index (χ1v) is 5.58. The molecular weight excluding hydrogens is 178 g/mol. The summed E-state index contributed by atoms with van der Waals surface area (Å²) < 4.78 is 0. The Morgan fingerprint density at radius 2 is 2.07 bits per heavy atom. The molecule has 0 radical (unpaired) electrons. The molecule has 0 saturated heterocycles. The molecule has 3 heteroatoms. The highest BCUT2D eigenvalue weighted by atomic mass is 16.4. The molecule has 0 aliphatic heterocycles. The number of carbonyl (C=O) groups is 1. The first-order valence-electron chi connectivity index (χ1n) is 5.58. The van der Waals surface area contributed by atoms with Crippen molar-refractivity contribution in [2.45, 2.75) is 45.6 Å². The topological polar surface area (TPSA) is 40.5 Å². The number of hydrogen-bond donors (Lipinski definition) is 1. The number of rotatable bonds is 4. The van der Waals surface area contributed by atoms with E-state index in [9.17, 15) is 9.90 Å². The Morgan fingerprint density at radius 3 is 2.36 bits per heavy atom. The summed E-state index contributed by atoms with van der Waals surface area (Å²) in [5, 5.41) is 9.43. The monoisotopic (exact) mass is 199 g/mol. The molecule has 1 aliphatic carbocycles. The third-order valence-corrected chi connectivity index (χ3v) is 3.71. The molecule has 0 aromatic rings. The van der Waals surface area contributed by atoms with Crippen molar-refractivity contribution >= 4 is 5.97 Å². The SMILES string of the molecule is CCN(CC)C1(C(=O)O)CCCC1C. The molecule has 2 atom stereocenters. The van der Waals surface area contributed by atoms with Crippen LogP contribution in [0.25, 0.3) is 0 Å². The fraction of sp³-hybridized carbons (Fsp3) is 0.909. The Labute approximate surface area is 86.1 Å². The Kier molecular flexibility index (Phi) is 3.53. The zero-order chi connectivity index (χ0) is 10.8. The lowest BCUT2D eigenvalue weighted by molar-refractivity contribution is -0.154. The lowest BCUT2D eigenvalue weighted by Crippen LogP contribution is -2.56. The summed E-state index contributed by atoms with van der Waals surface area (Å²) in [6.45, 7) is 7.80. The van der Waals surface area contributed by atoms with Crippen LogP contribution in [0.1, 0.15) is 40.0 Å². The summed E-state index contributed by atoms with van der Waals surface area (Å²) >= 11 is 0. The van der Waals surface area contributed by atoms with Crippen LogP contribution in [0.3, 0.4) is 0 Å². The van der Waals surface area contributed by atoms with E-state index < -0.39 is 11.5 Å². The lowest BCUT2D eigenvalue weighted by Gasteiger charge is -2.39. The Bertz CT molecular complexity index is 213. The van der Waals surface area contributed by atoms with Gasteiger partial charge in [-0.1, -0.05) is 27.2 Å². The van der Waals surface area contributed by atoms with Crippen LogP contribution in [0.15, 0.2) is 0 Å². The van der Waals surface area contributed by atoms with Gasteiger partial charge in [0.15, 0.2) is 0 Å². The summed E-state index contributed by atoms with van der Waals surface area (Å²) in [6, 6.07) is 0. The lowest BCUT2D eigenvalue weighted by atomic mass is 9.86. The van der Waals surface area contributed by atoms with Crippen LogP contribution in [0.2, 0.25) is 0 Å². The maximum atomic E-state index is 11.5. The quantitative estimate of drug-likeness (QED) is 0.752. The Hall–Kier alpha value is -0.570. The van der Waals surface area contributed by atoms with E-state index in [0.717, 1.165) is 32.4 Å². The highest BCUT2D eigenvalue weighted by Crippen LogP contribution is 2.40. The van der Waals surface area contributed by atoms with Crippen molar-refractivity contribution in [1.82, 2.24) is 4.90 Å². The molecule has 0 heterocycles. The third-order valence-electron chi connectivity index (χ3n) is 3.71. The Morgan fingerprint density at radius 1 is 1.50 bits per heavy atom. The van der Waals surface area contributed by atoms with E-state index in [0.29, 0.717) is 0 Å². The Balaban J connectivity index is 2.97. The predicted molar refractivity (Wildman–Crippen MR) is 56.3 cm³/mol. The molecule has 14 heavy (non-hydrogen) atoms. The van der Waals surface area contributed by atoms with E-state index >= 15 is 0 Å². The second-order valence-corrected chi connectivity index (χ2v) is 4.19. The van der Waals surface area contributed by atoms with Gasteiger partial charge in [0, 0.05) is 0 Å². The van der Waals surface area contributed by atoms with Crippen LogP contribution in [0.5, 0.6) is 0 Å². The zero-order valence-electron chi connectivity index (χ0n) is 9.42. The van der Waals surface area contributed by atoms with Crippen molar-refractivity contribution in [3.05, 3.63) is 0 Å². The minimum atomic E-state index is -0.633. The summed E-state index contributed by atoms with van der Waals surface area (Å²) in [6.07, 6.45) is 2.90. The van der Waals surface area contributed by atoms with Gasteiger partial charge in [-0.15, -0.1) is 0 Å². The molecule has 1 rings (SSSR count). The first kappa shape index (κ1) is 11.5. The second-order valence-electron chi connectivity index (χ2n) is 4.19. The molecule has 0 amide bonds. The van der Waals surface area contributed by atoms with Crippen molar-refractivity contribution in [2.24, 2.45) is 5.92 Å². The largest absolute Gasteiger partial charge is 0.480 e. The van der Waals surface area contributed by atoms with E-state index in [4.69, 9.17) is 0 Å². The van der Waals surface area contributed by atoms with Crippen LogP contribution < -0.4 is 0 Å². The van der Waals surface area contributed by atoms with E-state index in [1.807, 2.05) is 13.8 Å². The molecule has 0 aromatic carbocycles. The van der Waals surface area contributed by atoms with Crippen LogP contribution in [0, 0.1) is 5.92 Å². The third kappa shape index (κ3) is 1.54. The molecule has 1 N–H and O–H groups in total. The minimum Gasteiger partial charge on any atom is -0.480 e. The van der Waals surface area contributed by atoms with Gasteiger partial charge in [-0.25, -0.2) is 0 Å². The summed E-state index contributed by atoms with van der Waals surface area (Å²) in [7, 11) is 0. The zero-order valence-corrected chi connectivity index (χ0v) is 9.42. The standard InChI is InChI=1S/C11H21NO2/c1-4-12(5-2)11(10(13)14)8-6-7-9(11)3/h9H,4-8H2,1-3H3,(H,13,14). The van der Waals surface area contributed by atoms with Gasteiger partial charge in [0.25, 0.3) is 0 Å². The van der Waals surface area contributed by atoms with Gasteiger partial charge in [-0.05, 0) is 31.8 Å². The number of carboxylic acids is 1. The number of aliphatic carboxylic acids is 1. The van der Waals surface area contributed by atoms with Gasteiger partial charge >= 0.3 is 5.97 Å².